The number of benzene rings is 7. The Morgan fingerprint density at radius 2 is 0.556 bits per heavy atom. The maximum absolute atomic E-state index is 13.3. The summed E-state index contributed by atoms with van der Waals surface area (Å²) >= 11 is 0. The summed E-state index contributed by atoms with van der Waals surface area (Å²) in [6.45, 7) is 0. The van der Waals surface area contributed by atoms with Gasteiger partial charge in [-0.05, 0) is 144 Å². The van der Waals surface area contributed by atoms with Gasteiger partial charge in [0.15, 0.2) is 0 Å². The second kappa shape index (κ2) is 18.8. The van der Waals surface area contributed by atoms with Crippen LogP contribution in [-0.4, -0.2) is 35.3 Å². The van der Waals surface area contributed by atoms with E-state index >= 15 is 0 Å². The molecule has 0 saturated heterocycles. The van der Waals surface area contributed by atoms with Gasteiger partial charge in [0.05, 0.1) is 26.7 Å². The summed E-state index contributed by atoms with van der Waals surface area (Å²) in [4.78, 5) is 0. The maximum atomic E-state index is 13.3. The normalized spacial score (nSPS) is 11.1. The Morgan fingerprint density at radius 3 is 0.778 bits per heavy atom. The molecule has 7 aromatic rings. The zero-order valence-corrected chi connectivity index (χ0v) is 35.0. The highest BCUT2D eigenvalue weighted by atomic mass is 32.2. The van der Waals surface area contributed by atoms with E-state index in [1.807, 2.05) is 146 Å². The quantitative estimate of drug-likeness (QED) is 0.0623. The zero-order valence-electron chi connectivity index (χ0n) is 34.2. The van der Waals surface area contributed by atoms with Crippen LogP contribution in [0, 0.1) is 35.5 Å². The van der Waals surface area contributed by atoms with Crippen molar-refractivity contribution in [2.75, 3.05) is 21.3 Å². The Labute approximate surface area is 365 Å². The predicted octanol–water partition coefficient (Wildman–Crippen LogP) is 10.5. The molecule has 0 aliphatic carbocycles. The Kier molecular flexibility index (Phi) is 12.9. The van der Waals surface area contributed by atoms with Crippen LogP contribution in [0.15, 0.2) is 170 Å². The highest BCUT2D eigenvalue weighted by molar-refractivity contribution is 7.88. The molecule has 0 spiro atoms. The van der Waals surface area contributed by atoms with E-state index in [1.165, 1.54) is 12.1 Å². The number of alkyl halides is 3. The number of rotatable bonds is 9. The zero-order chi connectivity index (χ0) is 44.5. The van der Waals surface area contributed by atoms with Crippen LogP contribution in [0.1, 0.15) is 55.6 Å². The molecule has 63 heavy (non-hydrogen) atoms. The van der Waals surface area contributed by atoms with Crippen LogP contribution >= 0.6 is 0 Å². The largest absolute Gasteiger partial charge is 0.534 e. The fraction of sp³-hybridized carbons (Fsp3) is 0.0943. The van der Waals surface area contributed by atoms with Crippen LogP contribution < -0.4 is 18.4 Å². The lowest BCUT2D eigenvalue weighted by molar-refractivity contribution is -0.0500. The minimum Gasteiger partial charge on any atom is -0.497 e. The fourth-order valence-electron chi connectivity index (χ4n) is 6.80. The molecule has 312 valence electrons. The first kappa shape index (κ1) is 43.3. The van der Waals surface area contributed by atoms with Crippen LogP contribution in [0.5, 0.6) is 23.0 Å². The van der Waals surface area contributed by atoms with Crippen LogP contribution in [0.2, 0.25) is 0 Å². The van der Waals surface area contributed by atoms with Gasteiger partial charge in [0.1, 0.15) is 23.0 Å². The third-order valence-electron chi connectivity index (χ3n) is 10.1. The lowest BCUT2D eigenvalue weighted by Crippen LogP contribution is -2.31. The second-order valence-electron chi connectivity index (χ2n) is 13.9. The summed E-state index contributed by atoms with van der Waals surface area (Å²) in [7, 11) is -1.12. The highest BCUT2D eigenvalue weighted by Gasteiger charge is 2.48. The first-order chi connectivity index (χ1) is 30.4. The SMILES string of the molecule is COc1ccc(C#Cc2ccc(C(c3ccc(C#Cc4ccc(OC)cc4)cc3)(c3ccc(C#Cc4ccc(OC)cc4)cc3)c3ccc(OS(=O)(=O)C(F)(F)F)cc3)cc2)cc1. The molecule has 0 amide bonds. The molecule has 0 fully saturated rings. The summed E-state index contributed by atoms with van der Waals surface area (Å²) in [5.41, 5.74) is 0.809. The van der Waals surface area contributed by atoms with Gasteiger partial charge in [-0.1, -0.05) is 84.1 Å². The molecular weight excluding hydrogens is 822 g/mol. The summed E-state index contributed by atoms with van der Waals surface area (Å²) in [6.07, 6.45) is 0. The maximum Gasteiger partial charge on any atom is 0.534 e. The first-order valence-corrected chi connectivity index (χ1v) is 20.7. The average Bonchev–Trinajstić information content (AvgIpc) is 3.31. The molecule has 0 unspecified atom stereocenters. The van der Waals surface area contributed by atoms with Gasteiger partial charge in [-0.15, -0.1) is 0 Å². The molecule has 0 atom stereocenters. The van der Waals surface area contributed by atoms with Crippen LogP contribution in [0.4, 0.5) is 13.2 Å². The van der Waals surface area contributed by atoms with Crippen molar-refractivity contribution in [1.29, 1.82) is 0 Å². The molecule has 6 nitrogen and oxygen atoms in total. The predicted molar refractivity (Wildman–Crippen MR) is 237 cm³/mol. The van der Waals surface area contributed by atoms with E-state index in [-0.39, 0.29) is 0 Å². The highest BCUT2D eigenvalue weighted by Crippen LogP contribution is 2.46. The number of methoxy groups -OCH3 is 3. The minimum absolute atomic E-state index is 0.498. The van der Waals surface area contributed by atoms with Gasteiger partial charge in [0.25, 0.3) is 0 Å². The fourth-order valence-corrected chi connectivity index (χ4v) is 7.26. The molecule has 0 radical (unpaired) electrons. The van der Waals surface area contributed by atoms with Gasteiger partial charge >= 0.3 is 15.6 Å². The van der Waals surface area contributed by atoms with Gasteiger partial charge in [0, 0.05) is 33.4 Å². The first-order valence-electron chi connectivity index (χ1n) is 19.3. The molecule has 0 bridgehead atoms. The van der Waals surface area contributed by atoms with E-state index in [2.05, 4.69) is 39.7 Å². The number of hydrogen-bond donors (Lipinski definition) is 0. The van der Waals surface area contributed by atoms with E-state index in [0.29, 0.717) is 5.56 Å². The molecule has 0 N–H and O–H groups in total. The Bertz CT molecular complexity index is 2720. The third kappa shape index (κ3) is 10.0. The van der Waals surface area contributed by atoms with Crippen molar-refractivity contribution in [3.63, 3.8) is 0 Å². The number of ether oxygens (including phenoxy) is 3. The van der Waals surface area contributed by atoms with E-state index < -0.39 is 26.8 Å². The number of hydrogen-bond acceptors (Lipinski definition) is 6. The van der Waals surface area contributed by atoms with E-state index in [0.717, 1.165) is 67.3 Å². The smallest absolute Gasteiger partial charge is 0.497 e. The number of halogens is 3. The van der Waals surface area contributed by atoms with Crippen molar-refractivity contribution in [3.05, 3.63) is 225 Å². The Balaban J connectivity index is 1.37. The topological polar surface area (TPSA) is 71.1 Å². The Morgan fingerprint density at radius 1 is 0.349 bits per heavy atom. The van der Waals surface area contributed by atoms with E-state index in [4.69, 9.17) is 14.2 Å². The van der Waals surface area contributed by atoms with Gasteiger partial charge in [-0.2, -0.15) is 21.6 Å². The standard InChI is InChI=1S/C53H37F3O6S/c1-59-48-30-16-41(17-31-48)7-4-38-10-22-44(23-11-38)52(47-28-36-51(37-29-47)62-63(57,58)53(54,55)56,45-24-12-39(13-25-45)5-8-42-18-32-49(60-2)33-19-42)46-26-14-40(15-27-46)6-9-43-20-34-50(61-3)35-21-43/h10-37H,1-3H3. The second-order valence-corrected chi connectivity index (χ2v) is 15.5. The Hall–Kier alpha value is -7.84. The molecule has 7 rings (SSSR count). The van der Waals surface area contributed by atoms with Gasteiger partial charge in [-0.3, -0.25) is 0 Å². The van der Waals surface area contributed by atoms with E-state index in [1.54, 1.807) is 33.5 Å². The van der Waals surface area contributed by atoms with Gasteiger partial charge < -0.3 is 18.4 Å². The molecule has 0 saturated carbocycles. The summed E-state index contributed by atoms with van der Waals surface area (Å²) < 4.78 is 84.3. The molecule has 0 aliphatic heterocycles. The average molecular weight is 859 g/mol. The minimum atomic E-state index is -5.91. The lowest BCUT2D eigenvalue weighted by Gasteiger charge is -2.37. The van der Waals surface area contributed by atoms with Crippen molar-refractivity contribution in [1.82, 2.24) is 0 Å². The molecule has 0 aliphatic rings. The molecule has 0 aromatic heterocycles. The molecule has 7 aromatic carbocycles. The summed E-state index contributed by atoms with van der Waals surface area (Å²) in [6, 6.07) is 50.9. The van der Waals surface area contributed by atoms with Crippen LogP contribution in [-0.2, 0) is 15.5 Å². The van der Waals surface area contributed by atoms with Crippen molar-refractivity contribution >= 4 is 10.1 Å². The molecule has 10 heteroatoms. The van der Waals surface area contributed by atoms with Crippen molar-refractivity contribution in [3.8, 4) is 58.5 Å². The lowest BCUT2D eigenvalue weighted by atomic mass is 9.65. The van der Waals surface area contributed by atoms with Crippen LogP contribution in [0.25, 0.3) is 0 Å². The van der Waals surface area contributed by atoms with E-state index in [9.17, 15) is 21.6 Å². The summed E-state index contributed by atoms with van der Waals surface area (Å²) in [5, 5.41) is 0. The van der Waals surface area contributed by atoms with Crippen molar-refractivity contribution in [2.45, 2.75) is 10.9 Å². The van der Waals surface area contributed by atoms with Crippen LogP contribution in [0.3, 0.4) is 0 Å². The molecule has 0 heterocycles. The van der Waals surface area contributed by atoms with Gasteiger partial charge in [-0.25, -0.2) is 0 Å². The van der Waals surface area contributed by atoms with Gasteiger partial charge in [0.2, 0.25) is 0 Å². The van der Waals surface area contributed by atoms with Crippen molar-refractivity contribution < 1.29 is 40.0 Å². The summed E-state index contributed by atoms with van der Waals surface area (Å²) in [5.74, 6) is 20.9. The monoisotopic (exact) mass is 858 g/mol. The van der Waals surface area contributed by atoms with Crippen molar-refractivity contribution in [2.24, 2.45) is 0 Å². The third-order valence-corrected chi connectivity index (χ3v) is 11.0. The molecular formula is C53H37F3O6S.